The molecule has 0 N–H and O–H groups in total. The Kier molecular flexibility index (Phi) is 2.09. The number of nitro groups is 1. The summed E-state index contributed by atoms with van der Waals surface area (Å²) in [4.78, 5) is 10.1. The van der Waals surface area contributed by atoms with Crippen LogP contribution in [0.1, 0.15) is 11.7 Å². The molecule has 0 spiro atoms. The Morgan fingerprint density at radius 2 is 2.36 bits per heavy atom. The maximum atomic E-state index is 10.6. The second-order valence-electron chi connectivity index (χ2n) is 3.01. The molecule has 1 heterocycles. The lowest BCUT2D eigenvalue weighted by Gasteiger charge is -2.02. The summed E-state index contributed by atoms with van der Waals surface area (Å²) in [5.74, 6) is 0.281. The molecular formula is C9H9NO4. The lowest BCUT2D eigenvalue weighted by molar-refractivity contribution is -0.385. The highest BCUT2D eigenvalue weighted by molar-refractivity contribution is 5.49. The average Bonchev–Trinajstić information content (AvgIpc) is 3.00. The first kappa shape index (κ1) is 8.96. The van der Waals surface area contributed by atoms with E-state index in [4.69, 9.17) is 9.47 Å². The van der Waals surface area contributed by atoms with Gasteiger partial charge in [0, 0.05) is 6.07 Å². The molecule has 2 rings (SSSR count). The van der Waals surface area contributed by atoms with Crippen LogP contribution in [-0.4, -0.2) is 18.6 Å². The molecule has 1 saturated heterocycles. The topological polar surface area (TPSA) is 64.9 Å². The van der Waals surface area contributed by atoms with Crippen LogP contribution in [0.5, 0.6) is 5.75 Å². The quantitative estimate of drug-likeness (QED) is 0.418. The molecule has 1 fully saturated rings. The van der Waals surface area contributed by atoms with Crippen molar-refractivity contribution in [2.24, 2.45) is 0 Å². The van der Waals surface area contributed by atoms with E-state index in [1.807, 2.05) is 0 Å². The van der Waals surface area contributed by atoms with Crippen LogP contribution >= 0.6 is 0 Å². The third kappa shape index (κ3) is 1.54. The van der Waals surface area contributed by atoms with Crippen molar-refractivity contribution in [1.29, 1.82) is 0 Å². The Morgan fingerprint density at radius 1 is 1.64 bits per heavy atom. The van der Waals surface area contributed by atoms with Gasteiger partial charge in [-0.25, -0.2) is 0 Å². The number of epoxide rings is 1. The van der Waals surface area contributed by atoms with Crippen LogP contribution in [-0.2, 0) is 4.74 Å². The fraction of sp³-hybridized carbons (Fsp3) is 0.333. The molecule has 0 aromatic heterocycles. The van der Waals surface area contributed by atoms with Gasteiger partial charge in [0.2, 0.25) is 0 Å². The lowest BCUT2D eigenvalue weighted by Crippen LogP contribution is -1.94. The summed E-state index contributed by atoms with van der Waals surface area (Å²) in [6.07, 6.45) is 0.0877. The minimum absolute atomic E-state index is 0.0168. The standard InChI is InChI=1S/C9H9NO4/c1-13-8-4-6(9-5-14-9)2-3-7(8)10(11)12/h2-4,9H,5H2,1H3/t9-/m1/s1. The number of rotatable bonds is 3. The van der Waals surface area contributed by atoms with Crippen molar-refractivity contribution in [3.05, 3.63) is 33.9 Å². The Labute approximate surface area is 80.4 Å². The fourth-order valence-corrected chi connectivity index (χ4v) is 1.29. The maximum Gasteiger partial charge on any atom is 0.310 e. The SMILES string of the molecule is COc1cc([C@H]2CO2)ccc1[N+](=O)[O-]. The van der Waals surface area contributed by atoms with Gasteiger partial charge >= 0.3 is 5.69 Å². The van der Waals surface area contributed by atoms with E-state index in [0.29, 0.717) is 6.61 Å². The smallest absolute Gasteiger partial charge is 0.310 e. The van der Waals surface area contributed by atoms with Crippen molar-refractivity contribution in [1.82, 2.24) is 0 Å². The largest absolute Gasteiger partial charge is 0.490 e. The van der Waals surface area contributed by atoms with Gasteiger partial charge in [0.15, 0.2) is 5.75 Å². The Balaban J connectivity index is 2.38. The van der Waals surface area contributed by atoms with Crippen molar-refractivity contribution < 1.29 is 14.4 Å². The van der Waals surface area contributed by atoms with Crippen molar-refractivity contribution in [2.75, 3.05) is 13.7 Å². The molecule has 0 unspecified atom stereocenters. The zero-order chi connectivity index (χ0) is 10.1. The molecule has 1 aliphatic rings. The third-order valence-electron chi connectivity index (χ3n) is 2.11. The van der Waals surface area contributed by atoms with E-state index >= 15 is 0 Å². The van der Waals surface area contributed by atoms with Crippen LogP contribution in [0, 0.1) is 10.1 Å². The van der Waals surface area contributed by atoms with Crippen LogP contribution in [0.2, 0.25) is 0 Å². The highest BCUT2D eigenvalue weighted by Crippen LogP contribution is 2.35. The summed E-state index contributed by atoms with van der Waals surface area (Å²) < 4.78 is 10.00. The maximum absolute atomic E-state index is 10.6. The van der Waals surface area contributed by atoms with Gasteiger partial charge in [-0.15, -0.1) is 0 Å². The van der Waals surface area contributed by atoms with E-state index in [-0.39, 0.29) is 17.5 Å². The molecule has 0 radical (unpaired) electrons. The average molecular weight is 195 g/mol. The number of nitro benzene ring substituents is 1. The van der Waals surface area contributed by atoms with Crippen molar-refractivity contribution in [3.63, 3.8) is 0 Å². The second kappa shape index (κ2) is 3.26. The number of methoxy groups -OCH3 is 1. The first-order valence-corrected chi connectivity index (χ1v) is 4.16. The number of ether oxygens (including phenoxy) is 2. The zero-order valence-corrected chi connectivity index (χ0v) is 7.60. The molecular weight excluding hydrogens is 186 g/mol. The first-order chi connectivity index (χ1) is 6.72. The predicted molar refractivity (Wildman–Crippen MR) is 48.3 cm³/mol. The molecule has 74 valence electrons. The van der Waals surface area contributed by atoms with E-state index in [1.165, 1.54) is 13.2 Å². The summed E-state index contributed by atoms with van der Waals surface area (Å²) >= 11 is 0. The summed E-state index contributed by atoms with van der Waals surface area (Å²) in [5, 5.41) is 10.6. The summed E-state index contributed by atoms with van der Waals surface area (Å²) in [7, 11) is 1.42. The Hall–Kier alpha value is -1.62. The summed E-state index contributed by atoms with van der Waals surface area (Å²) in [5.41, 5.74) is 0.907. The van der Waals surface area contributed by atoms with Gasteiger partial charge in [-0.1, -0.05) is 0 Å². The number of nitrogens with zero attached hydrogens (tertiary/aromatic N) is 1. The van der Waals surface area contributed by atoms with E-state index in [2.05, 4.69) is 0 Å². The first-order valence-electron chi connectivity index (χ1n) is 4.16. The Bertz CT molecular complexity index is 373. The normalized spacial score (nSPS) is 19.1. The van der Waals surface area contributed by atoms with Crippen LogP contribution in [0.3, 0.4) is 0 Å². The van der Waals surface area contributed by atoms with E-state index < -0.39 is 4.92 Å². The molecule has 1 aromatic carbocycles. The second-order valence-corrected chi connectivity index (χ2v) is 3.01. The van der Waals surface area contributed by atoms with Crippen molar-refractivity contribution in [2.45, 2.75) is 6.10 Å². The summed E-state index contributed by atoms with van der Waals surface area (Å²) in [6.45, 7) is 0.682. The molecule has 14 heavy (non-hydrogen) atoms. The minimum Gasteiger partial charge on any atom is -0.490 e. The zero-order valence-electron chi connectivity index (χ0n) is 7.60. The minimum atomic E-state index is -0.462. The molecule has 5 heteroatoms. The van der Waals surface area contributed by atoms with Gasteiger partial charge in [0.25, 0.3) is 0 Å². The Morgan fingerprint density at radius 3 is 2.86 bits per heavy atom. The van der Waals surface area contributed by atoms with Crippen LogP contribution < -0.4 is 4.74 Å². The monoisotopic (exact) mass is 195 g/mol. The van der Waals surface area contributed by atoms with E-state index in [1.54, 1.807) is 12.1 Å². The van der Waals surface area contributed by atoms with Gasteiger partial charge in [-0.2, -0.15) is 0 Å². The lowest BCUT2D eigenvalue weighted by atomic mass is 10.1. The third-order valence-corrected chi connectivity index (χ3v) is 2.11. The predicted octanol–water partition coefficient (Wildman–Crippen LogP) is 1.67. The van der Waals surface area contributed by atoms with Gasteiger partial charge in [-0.3, -0.25) is 10.1 Å². The van der Waals surface area contributed by atoms with Gasteiger partial charge in [0.1, 0.15) is 6.10 Å². The van der Waals surface area contributed by atoms with E-state index in [9.17, 15) is 10.1 Å². The molecule has 1 atom stereocenters. The fourth-order valence-electron chi connectivity index (χ4n) is 1.29. The molecule has 1 aromatic rings. The van der Waals surface area contributed by atoms with Gasteiger partial charge in [-0.05, 0) is 17.7 Å². The van der Waals surface area contributed by atoms with Crippen molar-refractivity contribution in [3.8, 4) is 5.75 Å². The van der Waals surface area contributed by atoms with Gasteiger partial charge in [0.05, 0.1) is 18.6 Å². The molecule has 1 aliphatic heterocycles. The van der Waals surface area contributed by atoms with Crippen molar-refractivity contribution >= 4 is 5.69 Å². The number of benzene rings is 1. The number of hydrogen-bond donors (Lipinski definition) is 0. The highest BCUT2D eigenvalue weighted by Gasteiger charge is 2.27. The molecule has 0 saturated carbocycles. The molecule has 0 amide bonds. The highest BCUT2D eigenvalue weighted by atomic mass is 16.6. The van der Waals surface area contributed by atoms with E-state index in [0.717, 1.165) is 5.56 Å². The molecule has 0 bridgehead atoms. The van der Waals surface area contributed by atoms with Gasteiger partial charge < -0.3 is 9.47 Å². The van der Waals surface area contributed by atoms with Crippen LogP contribution in [0.15, 0.2) is 18.2 Å². The van der Waals surface area contributed by atoms with Crippen LogP contribution in [0.4, 0.5) is 5.69 Å². The number of hydrogen-bond acceptors (Lipinski definition) is 4. The van der Waals surface area contributed by atoms with Crippen LogP contribution in [0.25, 0.3) is 0 Å². The summed E-state index contributed by atoms with van der Waals surface area (Å²) in [6, 6.07) is 4.78. The molecule has 0 aliphatic carbocycles. The molecule has 5 nitrogen and oxygen atoms in total.